The van der Waals surface area contributed by atoms with Crippen molar-refractivity contribution in [1.82, 2.24) is 25.1 Å². The lowest BCUT2D eigenvalue weighted by atomic mass is 10.1. The maximum atomic E-state index is 13.1. The molecule has 0 atom stereocenters. The molecule has 0 unspecified atom stereocenters. The van der Waals surface area contributed by atoms with Gasteiger partial charge >= 0.3 is 0 Å². The van der Waals surface area contributed by atoms with Crippen LogP contribution in [0.3, 0.4) is 0 Å². The Kier molecular flexibility index (Phi) is 5.58. The van der Waals surface area contributed by atoms with Gasteiger partial charge in [-0.3, -0.25) is 9.78 Å². The lowest BCUT2D eigenvalue weighted by Gasteiger charge is -2.06. The van der Waals surface area contributed by atoms with Crippen molar-refractivity contribution in [1.29, 1.82) is 0 Å². The van der Waals surface area contributed by atoms with Crippen LogP contribution in [0.1, 0.15) is 46.0 Å². The highest BCUT2D eigenvalue weighted by atomic mass is 32.1. The first-order chi connectivity index (χ1) is 15.3. The Labute approximate surface area is 185 Å². The molecule has 6 nitrogen and oxygen atoms in total. The number of carbonyl (C=O) groups excluding carboxylic acids is 1. The molecule has 1 N–H and O–H groups in total. The first-order valence-corrected chi connectivity index (χ1v) is 11.5. The standard InChI is InChI=1S/C24H23N5OS/c30-24(26-15-22-27-20(16-31-22)17-11-13-25-14-12-17)23-19-9-5-2-6-10-21(19)29(28-23)18-7-3-1-4-8-18/h1,3-4,7-8,11-14,16H,2,5-6,9-10,15H2,(H,26,30). The third-order valence-corrected chi connectivity index (χ3v) is 6.42. The number of nitrogens with one attached hydrogen (secondary N) is 1. The van der Waals surface area contributed by atoms with Gasteiger partial charge in [-0.05, 0) is 49.9 Å². The highest BCUT2D eigenvalue weighted by Crippen LogP contribution is 2.27. The van der Waals surface area contributed by atoms with E-state index < -0.39 is 0 Å². The van der Waals surface area contributed by atoms with Crippen molar-refractivity contribution in [2.75, 3.05) is 0 Å². The molecule has 0 spiro atoms. The Hall–Kier alpha value is -3.32. The number of hydrogen-bond acceptors (Lipinski definition) is 5. The van der Waals surface area contributed by atoms with E-state index in [1.165, 1.54) is 12.1 Å². The van der Waals surface area contributed by atoms with Crippen LogP contribution in [0.15, 0.2) is 60.2 Å². The van der Waals surface area contributed by atoms with Crippen LogP contribution in [0, 0.1) is 0 Å². The fourth-order valence-corrected chi connectivity index (χ4v) is 4.77. The maximum Gasteiger partial charge on any atom is 0.272 e. The van der Waals surface area contributed by atoms with Gasteiger partial charge in [0.05, 0.1) is 17.9 Å². The normalized spacial score (nSPS) is 13.4. The van der Waals surface area contributed by atoms with Crippen LogP contribution < -0.4 is 5.32 Å². The van der Waals surface area contributed by atoms with Crippen LogP contribution in [0.4, 0.5) is 0 Å². The van der Waals surface area contributed by atoms with Gasteiger partial charge < -0.3 is 5.32 Å². The predicted molar refractivity (Wildman–Crippen MR) is 121 cm³/mol. The summed E-state index contributed by atoms with van der Waals surface area (Å²) in [6, 6.07) is 13.9. The summed E-state index contributed by atoms with van der Waals surface area (Å²) in [5.74, 6) is -0.131. The first-order valence-electron chi connectivity index (χ1n) is 10.6. The summed E-state index contributed by atoms with van der Waals surface area (Å²) >= 11 is 1.54. The van der Waals surface area contributed by atoms with Gasteiger partial charge in [-0.1, -0.05) is 24.6 Å². The predicted octanol–water partition coefficient (Wildman–Crippen LogP) is 4.59. The summed E-state index contributed by atoms with van der Waals surface area (Å²) in [7, 11) is 0. The molecule has 31 heavy (non-hydrogen) atoms. The molecule has 0 radical (unpaired) electrons. The minimum atomic E-state index is -0.131. The number of nitrogens with zero attached hydrogens (tertiary/aromatic N) is 4. The van der Waals surface area contributed by atoms with Crippen LogP contribution in [0.25, 0.3) is 16.9 Å². The number of amides is 1. The van der Waals surface area contributed by atoms with Gasteiger partial charge in [-0.25, -0.2) is 9.67 Å². The minimum Gasteiger partial charge on any atom is -0.344 e. The van der Waals surface area contributed by atoms with Gasteiger partial charge in [-0.15, -0.1) is 11.3 Å². The molecule has 5 rings (SSSR count). The lowest BCUT2D eigenvalue weighted by molar-refractivity contribution is 0.0944. The molecular weight excluding hydrogens is 406 g/mol. The van der Waals surface area contributed by atoms with Crippen molar-refractivity contribution in [2.24, 2.45) is 0 Å². The van der Waals surface area contributed by atoms with Gasteiger partial charge in [0.2, 0.25) is 0 Å². The molecule has 0 aliphatic heterocycles. The molecule has 4 aromatic rings. The molecular formula is C24H23N5OS. The van der Waals surface area contributed by atoms with E-state index in [0.717, 1.165) is 53.2 Å². The van der Waals surface area contributed by atoms with E-state index in [9.17, 15) is 4.79 Å². The highest BCUT2D eigenvalue weighted by Gasteiger charge is 2.24. The van der Waals surface area contributed by atoms with E-state index in [1.807, 2.05) is 52.5 Å². The molecule has 0 fully saturated rings. The number of para-hydroxylation sites is 1. The van der Waals surface area contributed by atoms with Crippen LogP contribution in [-0.2, 0) is 19.4 Å². The Morgan fingerprint density at radius 2 is 1.84 bits per heavy atom. The van der Waals surface area contributed by atoms with Crippen molar-refractivity contribution < 1.29 is 4.79 Å². The van der Waals surface area contributed by atoms with Gasteiger partial charge in [0, 0.05) is 34.6 Å². The average Bonchev–Trinajstić information content (AvgIpc) is 3.37. The fourth-order valence-electron chi connectivity index (χ4n) is 4.03. The lowest BCUT2D eigenvalue weighted by Crippen LogP contribution is -2.24. The number of rotatable bonds is 5. The fraction of sp³-hybridized carbons (Fsp3) is 0.250. The molecule has 1 aliphatic carbocycles. The number of aromatic nitrogens is 4. The zero-order valence-electron chi connectivity index (χ0n) is 17.1. The molecule has 3 aromatic heterocycles. The number of thiazole rings is 1. The van der Waals surface area contributed by atoms with E-state index in [-0.39, 0.29) is 5.91 Å². The SMILES string of the molecule is O=C(NCc1nc(-c2ccncc2)cs1)c1nn(-c2ccccc2)c2c1CCCCC2. The Morgan fingerprint density at radius 3 is 2.68 bits per heavy atom. The van der Waals surface area contributed by atoms with Gasteiger partial charge in [0.25, 0.3) is 5.91 Å². The van der Waals surface area contributed by atoms with Crippen LogP contribution in [0.5, 0.6) is 0 Å². The topological polar surface area (TPSA) is 72.7 Å². The van der Waals surface area contributed by atoms with Crippen molar-refractivity contribution in [2.45, 2.75) is 38.6 Å². The van der Waals surface area contributed by atoms with Gasteiger partial charge in [-0.2, -0.15) is 5.10 Å². The number of carbonyl (C=O) groups is 1. The van der Waals surface area contributed by atoms with E-state index in [1.54, 1.807) is 23.7 Å². The Morgan fingerprint density at radius 1 is 1.03 bits per heavy atom. The van der Waals surface area contributed by atoms with E-state index >= 15 is 0 Å². The smallest absolute Gasteiger partial charge is 0.272 e. The zero-order chi connectivity index (χ0) is 21.0. The van der Waals surface area contributed by atoms with Crippen LogP contribution >= 0.6 is 11.3 Å². The molecule has 3 heterocycles. The summed E-state index contributed by atoms with van der Waals surface area (Å²) in [6.45, 7) is 0.390. The minimum absolute atomic E-state index is 0.131. The third kappa shape index (κ3) is 4.14. The summed E-state index contributed by atoms with van der Waals surface area (Å²) in [5, 5.41) is 10.7. The third-order valence-electron chi connectivity index (χ3n) is 5.57. The molecule has 7 heteroatoms. The van der Waals surface area contributed by atoms with Crippen LogP contribution in [-0.4, -0.2) is 25.7 Å². The molecule has 156 valence electrons. The largest absolute Gasteiger partial charge is 0.344 e. The van der Waals surface area contributed by atoms with Crippen molar-refractivity contribution >= 4 is 17.2 Å². The van der Waals surface area contributed by atoms with Crippen molar-refractivity contribution in [3.05, 3.63) is 82.2 Å². The summed E-state index contributed by atoms with van der Waals surface area (Å²) < 4.78 is 1.96. The Bertz CT molecular complexity index is 1180. The number of benzene rings is 1. The molecule has 1 amide bonds. The molecule has 1 aromatic carbocycles. The number of fused-ring (bicyclic) bond motifs is 1. The molecule has 0 bridgehead atoms. The van der Waals surface area contributed by atoms with Gasteiger partial charge in [0.15, 0.2) is 5.69 Å². The van der Waals surface area contributed by atoms with E-state index in [4.69, 9.17) is 5.10 Å². The molecule has 0 saturated heterocycles. The number of pyridine rings is 1. The second kappa shape index (κ2) is 8.81. The second-order valence-corrected chi connectivity index (χ2v) is 8.57. The number of hydrogen-bond donors (Lipinski definition) is 1. The van der Waals surface area contributed by atoms with E-state index in [0.29, 0.717) is 12.2 Å². The maximum absolute atomic E-state index is 13.1. The quantitative estimate of drug-likeness (QED) is 0.471. The van der Waals surface area contributed by atoms with Crippen LogP contribution in [0.2, 0.25) is 0 Å². The summed E-state index contributed by atoms with van der Waals surface area (Å²) in [4.78, 5) is 21.8. The highest BCUT2D eigenvalue weighted by molar-refractivity contribution is 7.09. The van der Waals surface area contributed by atoms with Crippen molar-refractivity contribution in [3.8, 4) is 16.9 Å². The Balaban J connectivity index is 1.37. The van der Waals surface area contributed by atoms with Gasteiger partial charge in [0.1, 0.15) is 5.01 Å². The summed E-state index contributed by atoms with van der Waals surface area (Å²) in [6.07, 6.45) is 8.76. The zero-order valence-corrected chi connectivity index (χ0v) is 17.9. The molecule has 0 saturated carbocycles. The first kappa shape index (κ1) is 19.6. The van der Waals surface area contributed by atoms with E-state index in [2.05, 4.69) is 15.3 Å². The average molecular weight is 430 g/mol. The molecule has 1 aliphatic rings. The monoisotopic (exact) mass is 429 g/mol. The van der Waals surface area contributed by atoms with Crippen molar-refractivity contribution in [3.63, 3.8) is 0 Å². The summed E-state index contributed by atoms with van der Waals surface area (Å²) in [5.41, 5.74) is 5.74. The second-order valence-electron chi connectivity index (χ2n) is 7.63.